The summed E-state index contributed by atoms with van der Waals surface area (Å²) in [7, 11) is 3.22. The number of aryl methyl sites for hydroxylation is 1. The Bertz CT molecular complexity index is 776. The van der Waals surface area contributed by atoms with Gasteiger partial charge >= 0.3 is 0 Å². The van der Waals surface area contributed by atoms with Gasteiger partial charge in [-0.15, -0.1) is 0 Å². The van der Waals surface area contributed by atoms with Crippen molar-refractivity contribution in [1.82, 2.24) is 5.32 Å². The average Bonchev–Trinajstić information content (AvgIpc) is 2.59. The highest BCUT2D eigenvalue weighted by Crippen LogP contribution is 2.25. The maximum absolute atomic E-state index is 5.39. The second-order valence-corrected chi connectivity index (χ2v) is 5.97. The standard InChI is InChI=1S/C18H19N3O2S/c1-11-4-6-12(7-5-11)10-19-17-13-8-15(22-2)16(23-3)9-14(13)20-18(24)21-17/h4-9,13H,10H2,1-3H3,(H,19,21,24). The van der Waals surface area contributed by atoms with Gasteiger partial charge in [0.1, 0.15) is 5.84 Å². The Morgan fingerprint density at radius 2 is 1.88 bits per heavy atom. The van der Waals surface area contributed by atoms with Crippen LogP contribution in [0.4, 0.5) is 0 Å². The lowest BCUT2D eigenvalue weighted by molar-refractivity contribution is 0.218. The molecule has 0 fully saturated rings. The summed E-state index contributed by atoms with van der Waals surface area (Å²) in [5.74, 6) is 1.96. The minimum atomic E-state index is -0.115. The first-order valence-corrected chi connectivity index (χ1v) is 8.03. The van der Waals surface area contributed by atoms with Crippen molar-refractivity contribution in [3.63, 3.8) is 0 Å². The minimum absolute atomic E-state index is 0.115. The number of nitrogens with one attached hydrogen (secondary N) is 1. The monoisotopic (exact) mass is 341 g/mol. The lowest BCUT2D eigenvalue weighted by Gasteiger charge is -2.27. The maximum atomic E-state index is 5.39. The van der Waals surface area contributed by atoms with Crippen LogP contribution in [-0.2, 0) is 16.0 Å². The fourth-order valence-electron chi connectivity index (χ4n) is 2.60. The van der Waals surface area contributed by atoms with Crippen LogP contribution in [0.25, 0.3) is 0 Å². The molecular weight excluding hydrogens is 322 g/mol. The van der Waals surface area contributed by atoms with Crippen LogP contribution in [0.1, 0.15) is 11.1 Å². The van der Waals surface area contributed by atoms with Gasteiger partial charge in [-0.05, 0) is 30.8 Å². The summed E-state index contributed by atoms with van der Waals surface area (Å²) < 4.78 is 10.7. The Labute approximate surface area is 146 Å². The third-order valence-corrected chi connectivity index (χ3v) is 4.10. The van der Waals surface area contributed by atoms with Crippen LogP contribution in [0.5, 0.6) is 0 Å². The van der Waals surface area contributed by atoms with Crippen LogP contribution in [0, 0.1) is 12.8 Å². The third kappa shape index (κ3) is 3.38. The summed E-state index contributed by atoms with van der Waals surface area (Å²) in [6.07, 6.45) is 3.79. The minimum Gasteiger partial charge on any atom is -0.493 e. The van der Waals surface area contributed by atoms with E-state index >= 15 is 0 Å². The largest absolute Gasteiger partial charge is 0.493 e. The van der Waals surface area contributed by atoms with Crippen molar-refractivity contribution in [1.29, 1.82) is 0 Å². The van der Waals surface area contributed by atoms with Crippen LogP contribution in [0.2, 0.25) is 0 Å². The third-order valence-electron chi connectivity index (χ3n) is 3.91. The molecule has 124 valence electrons. The molecule has 0 spiro atoms. The summed E-state index contributed by atoms with van der Waals surface area (Å²) >= 11 is 5.23. The molecule has 3 rings (SSSR count). The van der Waals surface area contributed by atoms with Crippen molar-refractivity contribution in [2.75, 3.05) is 14.2 Å². The van der Waals surface area contributed by atoms with E-state index in [4.69, 9.17) is 26.7 Å². The molecule has 1 aliphatic heterocycles. The van der Waals surface area contributed by atoms with Gasteiger partial charge < -0.3 is 14.8 Å². The van der Waals surface area contributed by atoms with Gasteiger partial charge in [0, 0.05) is 6.08 Å². The number of benzene rings is 1. The van der Waals surface area contributed by atoms with E-state index in [0.29, 0.717) is 23.2 Å². The molecule has 2 aliphatic rings. The number of thiocarbonyl (C=S) groups is 1. The van der Waals surface area contributed by atoms with Gasteiger partial charge in [-0.25, -0.2) is 4.99 Å². The lowest BCUT2D eigenvalue weighted by Crippen LogP contribution is -2.43. The van der Waals surface area contributed by atoms with E-state index in [1.807, 2.05) is 12.2 Å². The molecule has 1 aliphatic carbocycles. The first-order chi connectivity index (χ1) is 11.6. The molecule has 1 aromatic carbocycles. The summed E-state index contributed by atoms with van der Waals surface area (Å²) in [6.45, 7) is 2.64. The van der Waals surface area contributed by atoms with E-state index in [1.54, 1.807) is 14.2 Å². The van der Waals surface area contributed by atoms with Crippen LogP contribution in [0.3, 0.4) is 0 Å². The molecule has 1 atom stereocenters. The van der Waals surface area contributed by atoms with Crippen LogP contribution in [0.15, 0.2) is 57.9 Å². The van der Waals surface area contributed by atoms with Crippen LogP contribution >= 0.6 is 12.2 Å². The number of rotatable bonds is 4. The van der Waals surface area contributed by atoms with Crippen LogP contribution < -0.4 is 5.32 Å². The summed E-state index contributed by atoms with van der Waals surface area (Å²) in [4.78, 5) is 9.09. The fraction of sp³-hybridized carbons (Fsp3) is 0.278. The van der Waals surface area contributed by atoms with Gasteiger partial charge in [0.25, 0.3) is 0 Å². The smallest absolute Gasteiger partial charge is 0.198 e. The second kappa shape index (κ2) is 6.97. The number of amidine groups is 1. The van der Waals surface area contributed by atoms with E-state index in [0.717, 1.165) is 17.1 Å². The molecule has 0 saturated heterocycles. The summed E-state index contributed by atoms with van der Waals surface area (Å²) in [5.41, 5.74) is 3.18. The molecule has 0 radical (unpaired) electrons. The van der Waals surface area contributed by atoms with Crippen molar-refractivity contribution in [2.24, 2.45) is 15.9 Å². The van der Waals surface area contributed by atoms with E-state index < -0.39 is 0 Å². The Balaban J connectivity index is 1.89. The van der Waals surface area contributed by atoms with Gasteiger partial charge in [0.15, 0.2) is 16.6 Å². The van der Waals surface area contributed by atoms with Crippen molar-refractivity contribution in [3.8, 4) is 0 Å². The molecule has 0 bridgehead atoms. The zero-order chi connectivity index (χ0) is 17.1. The second-order valence-electron chi connectivity index (χ2n) is 5.58. The van der Waals surface area contributed by atoms with Crippen LogP contribution in [-0.4, -0.2) is 30.9 Å². The molecule has 5 nitrogen and oxygen atoms in total. The molecule has 24 heavy (non-hydrogen) atoms. The number of ether oxygens (including phenoxy) is 2. The predicted molar refractivity (Wildman–Crippen MR) is 99.2 cm³/mol. The molecule has 1 N–H and O–H groups in total. The van der Waals surface area contributed by atoms with Gasteiger partial charge in [0.05, 0.1) is 32.4 Å². The number of aliphatic imine (C=N–C) groups is 2. The van der Waals surface area contributed by atoms with Gasteiger partial charge in [0.2, 0.25) is 0 Å². The number of methoxy groups -OCH3 is 2. The SMILES string of the molecule is COC1=CC2=NC(=S)NC(=NCc3ccc(C)cc3)C2C=C1OC. The maximum Gasteiger partial charge on any atom is 0.198 e. The topological polar surface area (TPSA) is 55.2 Å². The molecule has 1 heterocycles. The van der Waals surface area contributed by atoms with Gasteiger partial charge in [-0.3, -0.25) is 4.99 Å². The number of hydrogen-bond donors (Lipinski definition) is 1. The highest BCUT2D eigenvalue weighted by molar-refractivity contribution is 7.80. The van der Waals surface area contributed by atoms with Crippen molar-refractivity contribution >= 4 is 28.9 Å². The van der Waals surface area contributed by atoms with E-state index in [-0.39, 0.29) is 5.92 Å². The Kier molecular flexibility index (Phi) is 4.76. The summed E-state index contributed by atoms with van der Waals surface area (Å²) in [6, 6.07) is 8.32. The number of allylic oxidation sites excluding steroid dienone is 1. The number of nitrogens with zero attached hydrogens (tertiary/aromatic N) is 2. The average molecular weight is 341 g/mol. The molecule has 1 aromatic rings. The first kappa shape index (κ1) is 16.4. The molecule has 0 amide bonds. The van der Waals surface area contributed by atoms with Gasteiger partial charge in [-0.1, -0.05) is 29.8 Å². The normalized spacial score (nSPS) is 21.3. The Morgan fingerprint density at radius 3 is 2.54 bits per heavy atom. The van der Waals surface area contributed by atoms with Crippen molar-refractivity contribution < 1.29 is 9.47 Å². The molecule has 0 saturated carbocycles. The summed E-state index contributed by atoms with van der Waals surface area (Å²) in [5, 5.41) is 3.51. The van der Waals surface area contributed by atoms with Gasteiger partial charge in [-0.2, -0.15) is 0 Å². The van der Waals surface area contributed by atoms with Crippen molar-refractivity contribution in [2.45, 2.75) is 13.5 Å². The number of hydrogen-bond acceptors (Lipinski definition) is 4. The zero-order valence-electron chi connectivity index (χ0n) is 13.9. The highest BCUT2D eigenvalue weighted by Gasteiger charge is 2.30. The molecule has 1 unspecified atom stereocenters. The molecular formula is C18H19N3O2S. The lowest BCUT2D eigenvalue weighted by atomic mass is 9.94. The van der Waals surface area contributed by atoms with E-state index in [2.05, 4.69) is 41.5 Å². The first-order valence-electron chi connectivity index (χ1n) is 7.62. The van der Waals surface area contributed by atoms with Crippen molar-refractivity contribution in [3.05, 3.63) is 59.1 Å². The fourth-order valence-corrected chi connectivity index (χ4v) is 2.81. The van der Waals surface area contributed by atoms with E-state index in [9.17, 15) is 0 Å². The quantitative estimate of drug-likeness (QED) is 0.856. The number of fused-ring (bicyclic) bond motifs is 1. The molecule has 0 aromatic heterocycles. The Hall–Kier alpha value is -2.47. The van der Waals surface area contributed by atoms with E-state index in [1.165, 1.54) is 5.56 Å². The predicted octanol–water partition coefficient (Wildman–Crippen LogP) is 2.91. The highest BCUT2D eigenvalue weighted by atomic mass is 32.1. The molecule has 6 heteroatoms. The Morgan fingerprint density at radius 1 is 1.17 bits per heavy atom. The zero-order valence-corrected chi connectivity index (χ0v) is 14.7.